The van der Waals surface area contributed by atoms with Crippen LogP contribution in [0, 0.1) is 31.3 Å². The molecule has 16 heteroatoms. The lowest BCUT2D eigenvalue weighted by Gasteiger charge is -2.36. The molecule has 13 nitrogen and oxygen atoms in total. The number of nitrogens with two attached hydrogens (primary N) is 1. The standard InChI is InChI=1S/C43H42F3N9O4/c1-23-4-3-5-34(48-23)50-42(58)28-7-8-30(38(46)24(28)2)39-37(40(47)57)41-49-33-10-6-27(22-26(33)13-15-55(41)52-39)54-18-16-53(17-19-54)14-12-25-20-31(44)36(32(45)21-25)29-9-11-35(56)51-43(29)59/h3-8,10,20-22,29,49H,9,11-19H2,1-2H3,(H2,47,57)(H,48,50,58)(H,51,56,59). The number of carbonyl (C=O) groups excluding carboxylic acids is 4. The Kier molecular flexibility index (Phi) is 10.7. The first-order chi connectivity index (χ1) is 28.3. The van der Waals surface area contributed by atoms with Gasteiger partial charge in [0.05, 0.1) is 5.92 Å². The Labute approximate surface area is 337 Å². The number of pyridine rings is 1. The number of aryl methyl sites for hydroxylation is 3. The molecule has 0 aliphatic carbocycles. The van der Waals surface area contributed by atoms with Crippen molar-refractivity contribution in [2.24, 2.45) is 5.73 Å². The van der Waals surface area contributed by atoms with Crippen LogP contribution in [-0.2, 0) is 29.0 Å². The second kappa shape index (κ2) is 16.0. The topological polar surface area (TPSA) is 168 Å². The summed E-state index contributed by atoms with van der Waals surface area (Å²) in [6.45, 7) is 7.21. The van der Waals surface area contributed by atoms with Crippen molar-refractivity contribution >= 4 is 46.6 Å². The number of imide groups is 1. The summed E-state index contributed by atoms with van der Waals surface area (Å²) >= 11 is 0. The number of amides is 4. The number of benzene rings is 3. The van der Waals surface area contributed by atoms with Gasteiger partial charge in [0.15, 0.2) is 0 Å². The Morgan fingerprint density at radius 3 is 2.39 bits per heavy atom. The van der Waals surface area contributed by atoms with Crippen molar-refractivity contribution < 1.29 is 32.3 Å². The summed E-state index contributed by atoms with van der Waals surface area (Å²) in [5, 5.41) is 12.9. The fourth-order valence-corrected chi connectivity index (χ4v) is 8.14. The number of aromatic nitrogens is 3. The van der Waals surface area contributed by atoms with E-state index < -0.39 is 47.0 Å². The van der Waals surface area contributed by atoms with Crippen LogP contribution >= 0.6 is 0 Å². The van der Waals surface area contributed by atoms with Crippen molar-refractivity contribution in [1.82, 2.24) is 25.0 Å². The fourth-order valence-electron chi connectivity index (χ4n) is 8.14. The molecule has 304 valence electrons. The van der Waals surface area contributed by atoms with Gasteiger partial charge in [0.25, 0.3) is 11.8 Å². The lowest BCUT2D eigenvalue weighted by molar-refractivity contribution is -0.134. The maximum Gasteiger partial charge on any atom is 0.257 e. The lowest BCUT2D eigenvalue weighted by atomic mass is 9.89. The zero-order chi connectivity index (χ0) is 41.5. The quantitative estimate of drug-likeness (QED) is 0.141. The van der Waals surface area contributed by atoms with Gasteiger partial charge >= 0.3 is 0 Å². The Balaban J connectivity index is 0.920. The molecule has 4 amide bonds. The molecule has 8 rings (SSSR count). The second-order valence-electron chi connectivity index (χ2n) is 15.1. The zero-order valence-corrected chi connectivity index (χ0v) is 32.5. The third kappa shape index (κ3) is 7.87. The van der Waals surface area contributed by atoms with E-state index in [0.717, 1.165) is 48.8 Å². The maximum atomic E-state index is 16.1. The molecular weight excluding hydrogens is 764 g/mol. The van der Waals surface area contributed by atoms with E-state index in [2.05, 4.69) is 41.9 Å². The molecule has 0 spiro atoms. The molecule has 2 saturated heterocycles. The van der Waals surface area contributed by atoms with Crippen LogP contribution in [-0.4, -0.2) is 76.0 Å². The molecule has 3 aromatic carbocycles. The Bertz CT molecular complexity index is 2510. The minimum atomic E-state index is -1.03. The van der Waals surface area contributed by atoms with Gasteiger partial charge in [0.1, 0.15) is 40.3 Å². The van der Waals surface area contributed by atoms with Gasteiger partial charge in [-0.3, -0.25) is 29.4 Å². The van der Waals surface area contributed by atoms with Crippen LogP contribution in [0.3, 0.4) is 0 Å². The van der Waals surface area contributed by atoms with Gasteiger partial charge in [-0.1, -0.05) is 6.07 Å². The number of nitrogens with zero attached hydrogens (tertiary/aromatic N) is 5. The number of piperazine rings is 1. The average molecular weight is 806 g/mol. The number of hydrogen-bond acceptors (Lipinski definition) is 9. The number of fused-ring (bicyclic) bond motifs is 2. The van der Waals surface area contributed by atoms with Crippen molar-refractivity contribution in [3.8, 4) is 11.3 Å². The Hall–Kier alpha value is -6.55. The van der Waals surface area contributed by atoms with Crippen LogP contribution in [0.5, 0.6) is 0 Å². The van der Waals surface area contributed by atoms with Crippen molar-refractivity contribution in [3.05, 3.63) is 117 Å². The van der Waals surface area contributed by atoms with Crippen LogP contribution in [0.25, 0.3) is 11.3 Å². The van der Waals surface area contributed by atoms with Crippen molar-refractivity contribution in [3.63, 3.8) is 0 Å². The first-order valence-electron chi connectivity index (χ1n) is 19.5. The van der Waals surface area contributed by atoms with Crippen molar-refractivity contribution in [1.29, 1.82) is 0 Å². The van der Waals surface area contributed by atoms with E-state index in [9.17, 15) is 19.2 Å². The summed E-state index contributed by atoms with van der Waals surface area (Å²) in [7, 11) is 0. The van der Waals surface area contributed by atoms with E-state index >= 15 is 13.2 Å². The molecule has 2 fully saturated rings. The van der Waals surface area contributed by atoms with Crippen LogP contribution in [0.4, 0.5) is 36.2 Å². The van der Waals surface area contributed by atoms with Crippen LogP contribution in [0.1, 0.15) is 67.4 Å². The first-order valence-corrected chi connectivity index (χ1v) is 19.5. The minimum Gasteiger partial charge on any atom is -0.369 e. The highest BCUT2D eigenvalue weighted by Crippen LogP contribution is 2.38. The molecule has 0 radical (unpaired) electrons. The van der Waals surface area contributed by atoms with Gasteiger partial charge in [0.2, 0.25) is 11.8 Å². The van der Waals surface area contributed by atoms with E-state index in [4.69, 9.17) is 5.73 Å². The largest absolute Gasteiger partial charge is 0.369 e. The number of carbonyl (C=O) groups is 4. The molecule has 1 unspecified atom stereocenters. The predicted molar refractivity (Wildman–Crippen MR) is 215 cm³/mol. The van der Waals surface area contributed by atoms with Gasteiger partial charge in [-0.25, -0.2) is 22.8 Å². The molecule has 0 bridgehead atoms. The van der Waals surface area contributed by atoms with Crippen LogP contribution < -0.4 is 26.6 Å². The highest BCUT2D eigenvalue weighted by Gasteiger charge is 2.33. The van der Waals surface area contributed by atoms with Gasteiger partial charge < -0.3 is 21.3 Å². The fraction of sp³-hybridized carbons (Fsp3) is 0.302. The van der Waals surface area contributed by atoms with E-state index in [1.807, 2.05) is 12.1 Å². The van der Waals surface area contributed by atoms with Crippen molar-refractivity contribution in [2.75, 3.05) is 48.3 Å². The molecule has 5 N–H and O–H groups in total. The molecule has 0 saturated carbocycles. The van der Waals surface area contributed by atoms with E-state index in [1.54, 1.807) is 29.8 Å². The Morgan fingerprint density at radius 2 is 1.68 bits per heavy atom. The monoisotopic (exact) mass is 805 g/mol. The average Bonchev–Trinajstić information content (AvgIpc) is 3.46. The highest BCUT2D eigenvalue weighted by atomic mass is 19.1. The molecule has 5 aromatic rings. The summed E-state index contributed by atoms with van der Waals surface area (Å²) < 4.78 is 47.8. The SMILES string of the molecule is Cc1cccc(NC(=O)c2ccc(-c3nn4c(c3C(N)=O)Nc3ccc(N5CCN(CCc6cc(F)c(C7CCC(=O)NC7=O)c(F)c6)CC5)cc3CC4)c(F)c2C)n1. The van der Waals surface area contributed by atoms with Crippen LogP contribution in [0.15, 0.2) is 60.7 Å². The second-order valence-corrected chi connectivity index (χ2v) is 15.1. The maximum absolute atomic E-state index is 16.1. The first kappa shape index (κ1) is 39.3. The number of hydrogen-bond donors (Lipinski definition) is 4. The number of halogens is 3. The number of anilines is 4. The molecule has 5 heterocycles. The summed E-state index contributed by atoms with van der Waals surface area (Å²) in [4.78, 5) is 58.5. The highest BCUT2D eigenvalue weighted by molar-refractivity contribution is 6.07. The summed E-state index contributed by atoms with van der Waals surface area (Å²) in [6.07, 6.45) is 1.10. The van der Waals surface area contributed by atoms with E-state index in [-0.39, 0.29) is 46.4 Å². The van der Waals surface area contributed by atoms with E-state index in [1.165, 1.54) is 31.2 Å². The third-order valence-electron chi connectivity index (χ3n) is 11.3. The third-order valence-corrected chi connectivity index (χ3v) is 11.3. The molecule has 1 atom stereocenters. The summed E-state index contributed by atoms with van der Waals surface area (Å²) in [5.74, 6) is -5.01. The summed E-state index contributed by atoms with van der Waals surface area (Å²) in [5.41, 5.74) is 9.96. The zero-order valence-electron chi connectivity index (χ0n) is 32.5. The molecule has 3 aliphatic heterocycles. The number of nitrogens with one attached hydrogen (secondary N) is 3. The van der Waals surface area contributed by atoms with Gasteiger partial charge in [-0.05, 0) is 104 Å². The number of rotatable bonds is 9. The van der Waals surface area contributed by atoms with Gasteiger partial charge in [0, 0.05) is 79.4 Å². The minimum absolute atomic E-state index is 0.0354. The summed E-state index contributed by atoms with van der Waals surface area (Å²) in [6, 6.07) is 16.7. The normalized spacial score (nSPS) is 16.8. The Morgan fingerprint density at radius 1 is 0.915 bits per heavy atom. The number of piperidine rings is 1. The lowest BCUT2D eigenvalue weighted by Crippen LogP contribution is -2.47. The molecule has 3 aliphatic rings. The molecular formula is C43H42F3N9O4. The number of primary amides is 1. The van der Waals surface area contributed by atoms with Crippen LogP contribution in [0.2, 0.25) is 0 Å². The molecule has 59 heavy (non-hydrogen) atoms. The van der Waals surface area contributed by atoms with Gasteiger partial charge in [-0.15, -0.1) is 0 Å². The van der Waals surface area contributed by atoms with E-state index in [0.29, 0.717) is 43.1 Å². The molecule has 2 aromatic heterocycles. The van der Waals surface area contributed by atoms with Crippen molar-refractivity contribution in [2.45, 2.75) is 52.0 Å². The predicted octanol–water partition coefficient (Wildman–Crippen LogP) is 5.52. The smallest absolute Gasteiger partial charge is 0.257 e. The van der Waals surface area contributed by atoms with Gasteiger partial charge in [-0.2, -0.15) is 5.10 Å².